The van der Waals surface area contributed by atoms with Crippen LogP contribution in [0.5, 0.6) is 0 Å². The molecule has 0 aliphatic rings. The van der Waals surface area contributed by atoms with Crippen molar-refractivity contribution in [2.75, 3.05) is 0 Å². The monoisotopic (exact) mass is 168 g/mol. The average Bonchev–Trinajstić information content (AvgIpc) is 2.05. The molecular formula is C10H16O2. The van der Waals surface area contributed by atoms with Gasteiger partial charge in [0, 0.05) is 6.08 Å². The highest BCUT2D eigenvalue weighted by atomic mass is 16.5. The van der Waals surface area contributed by atoms with Crippen LogP contribution in [0.3, 0.4) is 0 Å². The Bertz CT molecular complexity index is 169. The Kier molecular flexibility index (Phi) is 7.35. The molecule has 0 aromatic heterocycles. The van der Waals surface area contributed by atoms with Gasteiger partial charge in [0.05, 0.1) is 6.26 Å². The van der Waals surface area contributed by atoms with Crippen molar-refractivity contribution in [2.45, 2.75) is 33.1 Å². The average molecular weight is 168 g/mol. The van der Waals surface area contributed by atoms with E-state index in [1.54, 1.807) is 13.0 Å². The third kappa shape index (κ3) is 7.06. The second-order valence-corrected chi connectivity index (χ2v) is 2.45. The Balaban J connectivity index is 3.40. The molecule has 0 unspecified atom stereocenters. The first kappa shape index (κ1) is 11.0. The number of esters is 1. The van der Waals surface area contributed by atoms with E-state index < -0.39 is 0 Å². The number of ether oxygens (including phenoxy) is 1. The zero-order chi connectivity index (χ0) is 9.23. The van der Waals surface area contributed by atoms with Crippen LogP contribution in [-0.4, -0.2) is 5.97 Å². The summed E-state index contributed by atoms with van der Waals surface area (Å²) in [5, 5.41) is 0. The van der Waals surface area contributed by atoms with Gasteiger partial charge in [-0.2, -0.15) is 0 Å². The van der Waals surface area contributed by atoms with Gasteiger partial charge in [0.15, 0.2) is 0 Å². The van der Waals surface area contributed by atoms with E-state index in [0.29, 0.717) is 0 Å². The minimum absolute atomic E-state index is 0.315. The molecule has 0 heterocycles. The highest BCUT2D eigenvalue weighted by Crippen LogP contribution is 1.95. The van der Waals surface area contributed by atoms with E-state index in [0.717, 1.165) is 19.3 Å². The highest BCUT2D eigenvalue weighted by molar-refractivity contribution is 5.82. The number of hydrogen-bond donors (Lipinski definition) is 0. The minimum Gasteiger partial charge on any atom is -0.432 e. The topological polar surface area (TPSA) is 26.3 Å². The fourth-order valence-electron chi connectivity index (χ4n) is 0.681. The smallest absolute Gasteiger partial charge is 0.335 e. The van der Waals surface area contributed by atoms with E-state index in [9.17, 15) is 4.79 Å². The van der Waals surface area contributed by atoms with Crippen LogP contribution in [0.4, 0.5) is 0 Å². The Morgan fingerprint density at radius 1 is 1.50 bits per heavy atom. The van der Waals surface area contributed by atoms with Gasteiger partial charge < -0.3 is 4.74 Å². The molecule has 0 atom stereocenters. The molecule has 0 amide bonds. The van der Waals surface area contributed by atoms with E-state index in [1.165, 1.54) is 12.3 Å². The molecule has 0 bridgehead atoms. The first-order valence-electron chi connectivity index (χ1n) is 4.29. The Labute approximate surface area is 73.9 Å². The molecule has 0 aromatic carbocycles. The lowest BCUT2D eigenvalue weighted by molar-refractivity contribution is -0.132. The van der Waals surface area contributed by atoms with Crippen LogP contribution in [0.25, 0.3) is 0 Å². The van der Waals surface area contributed by atoms with E-state index in [4.69, 9.17) is 4.74 Å². The van der Waals surface area contributed by atoms with Crippen molar-refractivity contribution in [3.05, 3.63) is 24.5 Å². The van der Waals surface area contributed by atoms with Crippen LogP contribution in [-0.2, 0) is 9.53 Å². The predicted octanol–water partition coefficient (Wildman–Crippen LogP) is 2.81. The summed E-state index contributed by atoms with van der Waals surface area (Å²) >= 11 is 0. The van der Waals surface area contributed by atoms with Gasteiger partial charge in [0.25, 0.3) is 0 Å². The second kappa shape index (κ2) is 8.05. The van der Waals surface area contributed by atoms with Gasteiger partial charge in [0.1, 0.15) is 0 Å². The zero-order valence-electron chi connectivity index (χ0n) is 7.75. The summed E-state index contributed by atoms with van der Waals surface area (Å²) in [5.74, 6) is -0.315. The third-order valence-corrected chi connectivity index (χ3v) is 1.31. The lowest BCUT2D eigenvalue weighted by Gasteiger charge is -1.91. The number of allylic oxidation sites excluding steroid dienone is 2. The molecule has 68 valence electrons. The Morgan fingerprint density at radius 3 is 2.83 bits per heavy atom. The maximum atomic E-state index is 10.7. The standard InChI is InChI=1S/C10H16O2/c1-3-5-6-7-9-12-10(11)8-4-2/h4,7-9H,3,5-6H2,1-2H3/b8-4+,9-7?. The number of rotatable bonds is 5. The number of unbranched alkanes of at least 4 members (excludes halogenated alkanes) is 2. The van der Waals surface area contributed by atoms with Crippen molar-refractivity contribution in [1.29, 1.82) is 0 Å². The van der Waals surface area contributed by atoms with Crippen LogP contribution in [0.1, 0.15) is 33.1 Å². The maximum absolute atomic E-state index is 10.7. The summed E-state index contributed by atoms with van der Waals surface area (Å²) in [7, 11) is 0. The lowest BCUT2D eigenvalue weighted by atomic mass is 10.2. The van der Waals surface area contributed by atoms with Crippen molar-refractivity contribution in [2.24, 2.45) is 0 Å². The summed E-state index contributed by atoms with van der Waals surface area (Å²) in [6.45, 7) is 3.90. The summed E-state index contributed by atoms with van der Waals surface area (Å²) in [6, 6.07) is 0. The molecule has 0 aliphatic heterocycles. The first-order valence-corrected chi connectivity index (χ1v) is 4.29. The van der Waals surface area contributed by atoms with Gasteiger partial charge in [-0.25, -0.2) is 4.79 Å². The van der Waals surface area contributed by atoms with Crippen LogP contribution in [0.15, 0.2) is 24.5 Å². The molecule has 0 radical (unpaired) electrons. The van der Waals surface area contributed by atoms with Gasteiger partial charge in [-0.3, -0.25) is 0 Å². The molecular weight excluding hydrogens is 152 g/mol. The van der Waals surface area contributed by atoms with Gasteiger partial charge >= 0.3 is 5.97 Å². The third-order valence-electron chi connectivity index (χ3n) is 1.31. The molecule has 0 spiro atoms. The Hall–Kier alpha value is -1.05. The zero-order valence-corrected chi connectivity index (χ0v) is 7.75. The molecule has 0 aliphatic carbocycles. The summed E-state index contributed by atoms with van der Waals surface area (Å²) in [6.07, 6.45) is 9.64. The minimum atomic E-state index is -0.315. The highest BCUT2D eigenvalue weighted by Gasteiger charge is 1.89. The molecule has 0 fully saturated rings. The molecule has 2 heteroatoms. The molecule has 2 nitrogen and oxygen atoms in total. The van der Waals surface area contributed by atoms with Crippen LogP contribution < -0.4 is 0 Å². The fraction of sp³-hybridized carbons (Fsp3) is 0.500. The van der Waals surface area contributed by atoms with E-state index in [2.05, 4.69) is 6.92 Å². The van der Waals surface area contributed by atoms with Gasteiger partial charge in [-0.15, -0.1) is 0 Å². The van der Waals surface area contributed by atoms with E-state index in [-0.39, 0.29) is 5.97 Å². The first-order chi connectivity index (χ1) is 5.81. The number of carbonyl (C=O) groups excluding carboxylic acids is 1. The SMILES string of the molecule is C/C=C/C(=O)OC=CCCCC. The van der Waals surface area contributed by atoms with Crippen LogP contribution in [0, 0.1) is 0 Å². The number of hydrogen-bond acceptors (Lipinski definition) is 2. The van der Waals surface area contributed by atoms with Crippen molar-refractivity contribution < 1.29 is 9.53 Å². The molecule has 0 rings (SSSR count). The lowest BCUT2D eigenvalue weighted by Crippen LogP contribution is -1.92. The van der Waals surface area contributed by atoms with Crippen LogP contribution in [0.2, 0.25) is 0 Å². The number of carbonyl (C=O) groups is 1. The largest absolute Gasteiger partial charge is 0.432 e. The Morgan fingerprint density at radius 2 is 2.25 bits per heavy atom. The van der Waals surface area contributed by atoms with E-state index >= 15 is 0 Å². The second-order valence-electron chi connectivity index (χ2n) is 2.45. The van der Waals surface area contributed by atoms with Crippen molar-refractivity contribution >= 4 is 5.97 Å². The van der Waals surface area contributed by atoms with Crippen LogP contribution >= 0.6 is 0 Å². The fourth-order valence-corrected chi connectivity index (χ4v) is 0.681. The molecule has 12 heavy (non-hydrogen) atoms. The predicted molar refractivity (Wildman–Crippen MR) is 49.6 cm³/mol. The quantitative estimate of drug-likeness (QED) is 0.273. The normalized spacial score (nSPS) is 11.2. The molecule has 0 N–H and O–H groups in total. The molecule has 0 aromatic rings. The van der Waals surface area contributed by atoms with E-state index in [1.807, 2.05) is 6.08 Å². The molecule has 0 saturated carbocycles. The maximum Gasteiger partial charge on any atom is 0.335 e. The van der Waals surface area contributed by atoms with Gasteiger partial charge in [-0.05, 0) is 25.8 Å². The van der Waals surface area contributed by atoms with Crippen molar-refractivity contribution in [3.63, 3.8) is 0 Å². The summed E-state index contributed by atoms with van der Waals surface area (Å²) < 4.78 is 4.72. The summed E-state index contributed by atoms with van der Waals surface area (Å²) in [4.78, 5) is 10.7. The van der Waals surface area contributed by atoms with Crippen molar-refractivity contribution in [3.8, 4) is 0 Å². The van der Waals surface area contributed by atoms with Gasteiger partial charge in [-0.1, -0.05) is 19.4 Å². The van der Waals surface area contributed by atoms with Crippen molar-refractivity contribution in [1.82, 2.24) is 0 Å². The molecule has 0 saturated heterocycles. The summed E-state index contributed by atoms with van der Waals surface area (Å²) in [5.41, 5.74) is 0. The van der Waals surface area contributed by atoms with Gasteiger partial charge in [0.2, 0.25) is 0 Å².